The molecule has 86 valence electrons. The monoisotopic (exact) mass is 224 g/mol. The van der Waals surface area contributed by atoms with Crippen molar-refractivity contribution in [1.29, 1.82) is 0 Å². The quantitative estimate of drug-likeness (QED) is 0.593. The molecule has 0 unspecified atom stereocenters. The number of unbranched alkanes of at least 4 members (excludes halogenated alkanes) is 1. The molecule has 0 heterocycles. The average Bonchev–Trinajstić information content (AvgIpc) is 2.75. The van der Waals surface area contributed by atoms with Crippen molar-refractivity contribution in [3.05, 3.63) is 41.5 Å². The van der Waals surface area contributed by atoms with E-state index in [4.69, 9.17) is 4.74 Å². The van der Waals surface area contributed by atoms with Gasteiger partial charge in [0.1, 0.15) is 5.75 Å². The summed E-state index contributed by atoms with van der Waals surface area (Å²) in [5.41, 5.74) is 2.60. The third-order valence-electron chi connectivity index (χ3n) is 3.22. The Morgan fingerprint density at radius 1 is 1.06 bits per heavy atom. The number of hydrogen-bond donors (Lipinski definition) is 0. The van der Waals surface area contributed by atoms with Crippen LogP contribution >= 0.6 is 0 Å². The third-order valence-corrected chi connectivity index (χ3v) is 3.22. The van der Waals surface area contributed by atoms with Gasteiger partial charge in [-0.2, -0.15) is 0 Å². The Morgan fingerprint density at radius 3 is 2.82 bits per heavy atom. The standard InChI is InChI=1S/C16H16O/c1-2-3-9-17-15-10-13-6-4-5-12-7-8-14(11-15)16(12)13/h4-8,10-11H,2-3,9H2,1H3. The maximum Gasteiger partial charge on any atom is 0.120 e. The second-order valence-electron chi connectivity index (χ2n) is 4.49. The minimum atomic E-state index is 0.810. The molecular formula is C16H16O. The van der Waals surface area contributed by atoms with Gasteiger partial charge in [-0.25, -0.2) is 0 Å². The summed E-state index contributed by atoms with van der Waals surface area (Å²) in [7, 11) is 0. The first-order valence-electron chi connectivity index (χ1n) is 6.26. The van der Waals surface area contributed by atoms with Crippen molar-refractivity contribution in [2.24, 2.45) is 0 Å². The summed E-state index contributed by atoms with van der Waals surface area (Å²) >= 11 is 0. The molecule has 0 amide bonds. The van der Waals surface area contributed by atoms with E-state index in [0.29, 0.717) is 0 Å². The maximum absolute atomic E-state index is 5.79. The van der Waals surface area contributed by atoms with Gasteiger partial charge in [0.15, 0.2) is 0 Å². The smallest absolute Gasteiger partial charge is 0.120 e. The van der Waals surface area contributed by atoms with E-state index >= 15 is 0 Å². The Kier molecular flexibility index (Phi) is 2.60. The average molecular weight is 224 g/mol. The molecule has 2 aromatic carbocycles. The highest BCUT2D eigenvalue weighted by Gasteiger charge is 2.10. The van der Waals surface area contributed by atoms with E-state index in [9.17, 15) is 0 Å². The highest BCUT2D eigenvalue weighted by molar-refractivity contribution is 6.05. The molecule has 1 nitrogen and oxygen atoms in total. The first-order valence-corrected chi connectivity index (χ1v) is 6.26. The molecule has 3 rings (SSSR count). The van der Waals surface area contributed by atoms with Crippen LogP contribution < -0.4 is 4.74 Å². The predicted molar refractivity (Wildman–Crippen MR) is 73.3 cm³/mol. The Morgan fingerprint density at radius 2 is 1.94 bits per heavy atom. The molecule has 0 atom stereocenters. The van der Waals surface area contributed by atoms with Crippen LogP contribution in [0.1, 0.15) is 30.9 Å². The minimum Gasteiger partial charge on any atom is -0.494 e. The van der Waals surface area contributed by atoms with E-state index in [1.807, 2.05) is 0 Å². The zero-order chi connectivity index (χ0) is 11.7. The fourth-order valence-corrected chi connectivity index (χ4v) is 2.33. The SMILES string of the molecule is CCCCOc1cc2c3c(cccc3c1)C=C2. The van der Waals surface area contributed by atoms with E-state index in [1.54, 1.807) is 0 Å². The largest absolute Gasteiger partial charge is 0.494 e. The fraction of sp³-hybridized carbons (Fsp3) is 0.250. The topological polar surface area (TPSA) is 9.23 Å². The van der Waals surface area contributed by atoms with E-state index in [1.165, 1.54) is 28.3 Å². The van der Waals surface area contributed by atoms with Gasteiger partial charge in [-0.15, -0.1) is 0 Å². The summed E-state index contributed by atoms with van der Waals surface area (Å²) < 4.78 is 5.79. The first kappa shape index (κ1) is 10.4. The lowest BCUT2D eigenvalue weighted by molar-refractivity contribution is 0.310. The molecule has 0 saturated carbocycles. The second-order valence-corrected chi connectivity index (χ2v) is 4.49. The Labute approximate surface area is 102 Å². The van der Waals surface area contributed by atoms with Crippen LogP contribution in [-0.2, 0) is 0 Å². The third kappa shape index (κ3) is 1.82. The van der Waals surface area contributed by atoms with Crippen LogP contribution in [0, 0.1) is 0 Å². The molecule has 1 heteroatoms. The molecule has 0 aromatic heterocycles. The van der Waals surface area contributed by atoms with Gasteiger partial charge in [0, 0.05) is 0 Å². The lowest BCUT2D eigenvalue weighted by Crippen LogP contribution is -1.96. The maximum atomic E-state index is 5.79. The minimum absolute atomic E-state index is 0.810. The van der Waals surface area contributed by atoms with Gasteiger partial charge >= 0.3 is 0 Å². The number of hydrogen-bond acceptors (Lipinski definition) is 1. The van der Waals surface area contributed by atoms with Gasteiger partial charge in [0.25, 0.3) is 0 Å². The van der Waals surface area contributed by atoms with Gasteiger partial charge in [-0.05, 0) is 40.5 Å². The summed E-state index contributed by atoms with van der Waals surface area (Å²) in [6, 6.07) is 10.7. The van der Waals surface area contributed by atoms with Crippen molar-refractivity contribution in [1.82, 2.24) is 0 Å². The molecule has 0 N–H and O–H groups in total. The molecule has 2 aromatic rings. The number of rotatable bonds is 4. The zero-order valence-electron chi connectivity index (χ0n) is 10.1. The lowest BCUT2D eigenvalue weighted by atomic mass is 10.0. The van der Waals surface area contributed by atoms with Crippen LogP contribution in [0.25, 0.3) is 22.9 Å². The van der Waals surface area contributed by atoms with Crippen LogP contribution in [0.2, 0.25) is 0 Å². The summed E-state index contributed by atoms with van der Waals surface area (Å²) in [6.45, 7) is 2.99. The van der Waals surface area contributed by atoms with E-state index in [-0.39, 0.29) is 0 Å². The Bertz CT molecular complexity index is 581. The van der Waals surface area contributed by atoms with E-state index < -0.39 is 0 Å². The molecule has 0 aliphatic heterocycles. The molecule has 1 aliphatic carbocycles. The normalized spacial score (nSPS) is 12.3. The van der Waals surface area contributed by atoms with Gasteiger partial charge in [0.2, 0.25) is 0 Å². The summed E-state index contributed by atoms with van der Waals surface area (Å²) in [5, 5.41) is 2.63. The Balaban J connectivity index is 1.99. The molecule has 0 radical (unpaired) electrons. The molecule has 0 saturated heterocycles. The van der Waals surface area contributed by atoms with Crippen LogP contribution in [-0.4, -0.2) is 6.61 Å². The lowest BCUT2D eigenvalue weighted by Gasteiger charge is -2.08. The molecule has 0 bridgehead atoms. The van der Waals surface area contributed by atoms with E-state index in [2.05, 4.69) is 49.4 Å². The predicted octanol–water partition coefficient (Wildman–Crippen LogP) is 4.50. The van der Waals surface area contributed by atoms with Crippen molar-refractivity contribution < 1.29 is 4.74 Å². The van der Waals surface area contributed by atoms with Crippen LogP contribution in [0.3, 0.4) is 0 Å². The van der Waals surface area contributed by atoms with E-state index in [0.717, 1.165) is 18.8 Å². The first-order chi connectivity index (χ1) is 8.38. The molecule has 17 heavy (non-hydrogen) atoms. The van der Waals surface area contributed by atoms with Crippen molar-refractivity contribution in [3.63, 3.8) is 0 Å². The summed E-state index contributed by atoms with van der Waals surface area (Å²) in [5.74, 6) is 0.990. The molecule has 0 fully saturated rings. The highest BCUT2D eigenvalue weighted by atomic mass is 16.5. The highest BCUT2D eigenvalue weighted by Crippen LogP contribution is 2.34. The molecular weight excluding hydrogens is 208 g/mol. The molecule has 1 aliphatic rings. The van der Waals surface area contributed by atoms with Gasteiger partial charge in [-0.1, -0.05) is 43.7 Å². The molecule has 0 spiro atoms. The number of benzene rings is 2. The summed E-state index contributed by atoms with van der Waals surface area (Å²) in [6.07, 6.45) is 6.63. The van der Waals surface area contributed by atoms with Crippen molar-refractivity contribution in [3.8, 4) is 5.75 Å². The zero-order valence-corrected chi connectivity index (χ0v) is 10.1. The van der Waals surface area contributed by atoms with Gasteiger partial charge < -0.3 is 4.74 Å². The van der Waals surface area contributed by atoms with Crippen LogP contribution in [0.5, 0.6) is 5.75 Å². The van der Waals surface area contributed by atoms with Crippen LogP contribution in [0.4, 0.5) is 0 Å². The van der Waals surface area contributed by atoms with Crippen molar-refractivity contribution >= 4 is 22.9 Å². The Hall–Kier alpha value is -1.76. The fourth-order valence-electron chi connectivity index (χ4n) is 2.33. The summed E-state index contributed by atoms with van der Waals surface area (Å²) in [4.78, 5) is 0. The van der Waals surface area contributed by atoms with Crippen molar-refractivity contribution in [2.75, 3.05) is 6.61 Å². The van der Waals surface area contributed by atoms with Crippen molar-refractivity contribution in [2.45, 2.75) is 19.8 Å². The van der Waals surface area contributed by atoms with Gasteiger partial charge in [0.05, 0.1) is 6.61 Å². The second kappa shape index (κ2) is 4.25. The van der Waals surface area contributed by atoms with Crippen LogP contribution in [0.15, 0.2) is 30.3 Å². The number of ether oxygens (including phenoxy) is 1. The van der Waals surface area contributed by atoms with Gasteiger partial charge in [-0.3, -0.25) is 0 Å².